The Bertz CT molecular complexity index is 1420. The second kappa shape index (κ2) is 8.90. The minimum atomic E-state index is -0.357. The Morgan fingerprint density at radius 2 is 2.00 bits per heavy atom. The van der Waals surface area contributed by atoms with Crippen LogP contribution in [0.1, 0.15) is 42.9 Å². The molecular formula is C24H26FN5O2S. The molecule has 0 saturated carbocycles. The van der Waals surface area contributed by atoms with Gasteiger partial charge >= 0.3 is 0 Å². The topological polar surface area (TPSA) is 81.3 Å². The molecule has 4 aromatic rings. The van der Waals surface area contributed by atoms with E-state index in [0.29, 0.717) is 33.3 Å². The molecule has 0 bridgehead atoms. The first-order chi connectivity index (χ1) is 15.7. The number of fused-ring (bicyclic) bond motifs is 1. The third kappa shape index (κ3) is 4.32. The number of halogens is 1. The monoisotopic (exact) mass is 467 g/mol. The maximum atomic E-state index is 13.9. The molecule has 1 N–H and O–H groups in total. The standard InChI is InChI=1S/C24H26FN5O2S/c1-6-14(3)26-21(31)11-18-12-33-24-27-16(5)22(23(32)29(18)24)19-9-15(4)30(28-19)20-10-17(25)8-7-13(20)2/h7-10,12,14H,6,11H2,1-5H3,(H,26,31)/t14-/m0/s1. The van der Waals surface area contributed by atoms with Gasteiger partial charge in [0.05, 0.1) is 23.4 Å². The molecule has 0 aliphatic heterocycles. The molecular weight excluding hydrogens is 441 g/mol. The van der Waals surface area contributed by atoms with Crippen molar-refractivity contribution in [2.75, 3.05) is 0 Å². The average molecular weight is 468 g/mol. The molecule has 0 aliphatic carbocycles. The molecule has 0 unspecified atom stereocenters. The van der Waals surface area contributed by atoms with E-state index in [1.165, 1.54) is 27.9 Å². The number of benzene rings is 1. The summed E-state index contributed by atoms with van der Waals surface area (Å²) in [6.45, 7) is 9.45. The van der Waals surface area contributed by atoms with Gasteiger partial charge in [0, 0.05) is 22.8 Å². The van der Waals surface area contributed by atoms with Crippen LogP contribution in [-0.2, 0) is 11.2 Å². The molecule has 172 valence electrons. The van der Waals surface area contributed by atoms with Gasteiger partial charge in [-0.1, -0.05) is 13.0 Å². The van der Waals surface area contributed by atoms with Crippen molar-refractivity contribution in [1.29, 1.82) is 0 Å². The zero-order valence-corrected chi connectivity index (χ0v) is 20.1. The quantitative estimate of drug-likeness (QED) is 0.462. The highest BCUT2D eigenvalue weighted by Crippen LogP contribution is 2.25. The SMILES string of the molecule is CC[C@H](C)NC(=O)Cc1csc2nc(C)c(-c3cc(C)n(-c4cc(F)ccc4C)n3)c(=O)n12. The summed E-state index contributed by atoms with van der Waals surface area (Å²) in [4.78, 5) is 31.1. The van der Waals surface area contributed by atoms with Gasteiger partial charge in [0.1, 0.15) is 11.5 Å². The minimum Gasteiger partial charge on any atom is -0.353 e. The Morgan fingerprint density at radius 3 is 2.73 bits per heavy atom. The number of amides is 1. The molecule has 4 rings (SSSR count). The molecule has 33 heavy (non-hydrogen) atoms. The fourth-order valence-corrected chi connectivity index (χ4v) is 4.69. The van der Waals surface area contributed by atoms with Crippen LogP contribution < -0.4 is 10.9 Å². The summed E-state index contributed by atoms with van der Waals surface area (Å²) in [7, 11) is 0. The lowest BCUT2D eigenvalue weighted by Gasteiger charge is -2.11. The molecule has 3 heterocycles. The van der Waals surface area contributed by atoms with Gasteiger partial charge in [0.25, 0.3) is 5.56 Å². The van der Waals surface area contributed by atoms with E-state index < -0.39 is 0 Å². The molecule has 1 amide bonds. The van der Waals surface area contributed by atoms with Gasteiger partial charge in [0.2, 0.25) is 5.91 Å². The number of nitrogens with zero attached hydrogens (tertiary/aromatic N) is 4. The van der Waals surface area contributed by atoms with Gasteiger partial charge in [-0.3, -0.25) is 14.0 Å². The smallest absolute Gasteiger partial charge is 0.268 e. The Kier molecular flexibility index (Phi) is 6.16. The van der Waals surface area contributed by atoms with Crippen LogP contribution in [0.2, 0.25) is 0 Å². The lowest BCUT2D eigenvalue weighted by atomic mass is 10.1. The van der Waals surface area contributed by atoms with E-state index in [9.17, 15) is 14.0 Å². The van der Waals surface area contributed by atoms with E-state index >= 15 is 0 Å². The van der Waals surface area contributed by atoms with E-state index in [1.807, 2.05) is 27.7 Å². The fraction of sp³-hybridized carbons (Fsp3) is 0.333. The summed E-state index contributed by atoms with van der Waals surface area (Å²) in [5.41, 5.74) is 3.94. The summed E-state index contributed by atoms with van der Waals surface area (Å²) < 4.78 is 17.0. The largest absolute Gasteiger partial charge is 0.353 e. The highest BCUT2D eigenvalue weighted by molar-refractivity contribution is 7.15. The summed E-state index contributed by atoms with van der Waals surface area (Å²) in [6.07, 6.45) is 0.915. The number of aryl methyl sites for hydroxylation is 3. The van der Waals surface area contributed by atoms with Crippen LogP contribution >= 0.6 is 11.3 Å². The zero-order chi connectivity index (χ0) is 23.9. The van der Waals surface area contributed by atoms with Crippen molar-refractivity contribution in [1.82, 2.24) is 24.5 Å². The zero-order valence-electron chi connectivity index (χ0n) is 19.3. The number of aromatic nitrogens is 4. The third-order valence-electron chi connectivity index (χ3n) is 5.73. The van der Waals surface area contributed by atoms with Crippen LogP contribution in [0.4, 0.5) is 4.39 Å². The second-order valence-corrected chi connectivity index (χ2v) is 9.13. The number of thiazole rings is 1. The summed E-state index contributed by atoms with van der Waals surface area (Å²) >= 11 is 1.33. The number of carbonyl (C=O) groups is 1. The maximum absolute atomic E-state index is 13.9. The van der Waals surface area contributed by atoms with E-state index in [4.69, 9.17) is 0 Å². The number of rotatable bonds is 6. The molecule has 9 heteroatoms. The first-order valence-electron chi connectivity index (χ1n) is 10.8. The van der Waals surface area contributed by atoms with Gasteiger partial charge in [-0.15, -0.1) is 11.3 Å². The lowest BCUT2D eigenvalue weighted by molar-refractivity contribution is -0.121. The van der Waals surface area contributed by atoms with Crippen LogP contribution in [-0.4, -0.2) is 31.1 Å². The van der Waals surface area contributed by atoms with Crippen molar-refractivity contribution >= 4 is 22.2 Å². The third-order valence-corrected chi connectivity index (χ3v) is 6.60. The van der Waals surface area contributed by atoms with Crippen molar-refractivity contribution in [3.05, 3.63) is 68.5 Å². The van der Waals surface area contributed by atoms with E-state index in [-0.39, 0.29) is 29.7 Å². The normalized spacial score (nSPS) is 12.3. The van der Waals surface area contributed by atoms with Crippen molar-refractivity contribution in [2.45, 2.75) is 53.5 Å². The fourth-order valence-electron chi connectivity index (χ4n) is 3.77. The first-order valence-corrected chi connectivity index (χ1v) is 11.7. The average Bonchev–Trinajstić information content (AvgIpc) is 3.33. The minimum absolute atomic E-state index is 0.0632. The molecule has 7 nitrogen and oxygen atoms in total. The van der Waals surface area contributed by atoms with Gasteiger partial charge < -0.3 is 5.32 Å². The summed E-state index contributed by atoms with van der Waals surface area (Å²) in [6, 6.07) is 6.38. The van der Waals surface area contributed by atoms with Crippen molar-refractivity contribution in [3.63, 3.8) is 0 Å². The van der Waals surface area contributed by atoms with Gasteiger partial charge in [-0.2, -0.15) is 5.10 Å². The van der Waals surface area contributed by atoms with Crippen molar-refractivity contribution in [2.24, 2.45) is 0 Å². The van der Waals surface area contributed by atoms with E-state index in [1.54, 1.807) is 29.1 Å². The van der Waals surface area contributed by atoms with E-state index in [0.717, 1.165) is 17.7 Å². The Hall–Kier alpha value is -3.33. The van der Waals surface area contributed by atoms with Gasteiger partial charge in [0.15, 0.2) is 4.96 Å². The molecule has 0 aliphatic rings. The number of nitrogens with one attached hydrogen (secondary N) is 1. The lowest BCUT2D eigenvalue weighted by Crippen LogP contribution is -2.34. The molecule has 0 saturated heterocycles. The van der Waals surface area contributed by atoms with Crippen LogP contribution in [0, 0.1) is 26.6 Å². The molecule has 3 aromatic heterocycles. The molecule has 0 spiro atoms. The highest BCUT2D eigenvalue weighted by Gasteiger charge is 2.20. The maximum Gasteiger partial charge on any atom is 0.268 e. The van der Waals surface area contributed by atoms with Crippen LogP contribution in [0.5, 0.6) is 0 Å². The first kappa shape index (κ1) is 22.8. The second-order valence-electron chi connectivity index (χ2n) is 8.29. The van der Waals surface area contributed by atoms with Gasteiger partial charge in [-0.25, -0.2) is 14.1 Å². The van der Waals surface area contributed by atoms with Crippen LogP contribution in [0.3, 0.4) is 0 Å². The van der Waals surface area contributed by atoms with Crippen LogP contribution in [0.25, 0.3) is 21.9 Å². The number of hydrogen-bond donors (Lipinski definition) is 1. The highest BCUT2D eigenvalue weighted by atomic mass is 32.1. The van der Waals surface area contributed by atoms with Crippen molar-refractivity contribution in [3.8, 4) is 16.9 Å². The molecule has 0 radical (unpaired) electrons. The Balaban J connectivity index is 1.80. The molecule has 1 aromatic carbocycles. The predicted octanol–water partition coefficient (Wildman–Crippen LogP) is 4.13. The summed E-state index contributed by atoms with van der Waals surface area (Å²) in [5.74, 6) is -0.496. The Labute approximate surface area is 194 Å². The number of carbonyl (C=O) groups excluding carboxylic acids is 1. The Morgan fingerprint density at radius 1 is 1.24 bits per heavy atom. The predicted molar refractivity (Wildman–Crippen MR) is 128 cm³/mol. The molecule has 0 fully saturated rings. The molecule has 1 atom stereocenters. The van der Waals surface area contributed by atoms with Crippen LogP contribution in [0.15, 0.2) is 34.4 Å². The summed E-state index contributed by atoms with van der Waals surface area (Å²) in [5, 5.41) is 9.35. The van der Waals surface area contributed by atoms with Gasteiger partial charge in [-0.05, 0) is 57.9 Å². The van der Waals surface area contributed by atoms with E-state index in [2.05, 4.69) is 15.4 Å². The van der Waals surface area contributed by atoms with Crippen molar-refractivity contribution < 1.29 is 9.18 Å². The number of hydrogen-bond acceptors (Lipinski definition) is 5.